The Hall–Kier alpha value is -2.23. The Kier molecular flexibility index (Phi) is 12.1. The van der Waals surface area contributed by atoms with Crippen molar-refractivity contribution in [1.29, 1.82) is 0 Å². The highest BCUT2D eigenvalue weighted by molar-refractivity contribution is 5.70. The van der Waals surface area contributed by atoms with Crippen LogP contribution in [0.1, 0.15) is 86.0 Å². The van der Waals surface area contributed by atoms with Crippen molar-refractivity contribution in [2.45, 2.75) is 98.2 Å². The maximum absolute atomic E-state index is 12.8. The molecule has 1 aliphatic rings. The van der Waals surface area contributed by atoms with E-state index >= 15 is 0 Å². The summed E-state index contributed by atoms with van der Waals surface area (Å²) in [6.45, 7) is 17.5. The Bertz CT molecular complexity index is 711. The molecule has 174 valence electrons. The molecule has 0 fully saturated rings. The number of hydrogen-bond acceptors (Lipinski definition) is 4. The van der Waals surface area contributed by atoms with Crippen LogP contribution in [0.3, 0.4) is 0 Å². The van der Waals surface area contributed by atoms with Crippen molar-refractivity contribution in [3.63, 3.8) is 0 Å². The first-order chi connectivity index (χ1) is 14.6. The van der Waals surface area contributed by atoms with Crippen LogP contribution in [0.15, 0.2) is 59.6 Å². The van der Waals surface area contributed by atoms with Crippen LogP contribution in [0.5, 0.6) is 0 Å². The molecule has 4 heteroatoms. The first-order valence-electron chi connectivity index (χ1n) is 11.4. The van der Waals surface area contributed by atoms with Gasteiger partial charge in [0, 0.05) is 6.42 Å². The lowest BCUT2D eigenvalue weighted by Gasteiger charge is -2.26. The third-order valence-electron chi connectivity index (χ3n) is 5.66. The van der Waals surface area contributed by atoms with Crippen molar-refractivity contribution >= 4 is 5.97 Å². The van der Waals surface area contributed by atoms with Crippen LogP contribution in [0, 0.1) is 5.92 Å². The molecule has 0 aromatic carbocycles. The van der Waals surface area contributed by atoms with E-state index in [1.165, 1.54) is 5.57 Å². The summed E-state index contributed by atoms with van der Waals surface area (Å²) < 4.78 is 11.8. The quantitative estimate of drug-likeness (QED) is 0.258. The van der Waals surface area contributed by atoms with Crippen molar-refractivity contribution in [1.82, 2.24) is 0 Å². The molecule has 1 heterocycles. The number of cyclic esters (lactones) is 1. The Morgan fingerprint density at radius 2 is 2.00 bits per heavy atom. The molecule has 1 rings (SSSR count). The number of ether oxygens (including phenoxy) is 2. The summed E-state index contributed by atoms with van der Waals surface area (Å²) in [5, 5.41) is 9.39. The standard InChI is InChI=1S/C27H42O4/c1-19(2)30-26-18-27(29)31-25(23(6)16-15-21(4)17-24(7)28)14-9-8-11-20(3)12-10-13-22(26)5/h12-13,15,23,25-26,28H,1,7-11,14,16-18H2,2-6H3/b20-12+,21-15+,22-13-. The van der Waals surface area contributed by atoms with Crippen molar-refractivity contribution in [3.8, 4) is 0 Å². The first-order valence-corrected chi connectivity index (χ1v) is 11.4. The molecule has 31 heavy (non-hydrogen) atoms. The van der Waals surface area contributed by atoms with E-state index in [0.717, 1.165) is 49.7 Å². The minimum Gasteiger partial charge on any atom is -0.513 e. The van der Waals surface area contributed by atoms with E-state index in [4.69, 9.17) is 9.47 Å². The van der Waals surface area contributed by atoms with Gasteiger partial charge in [0.25, 0.3) is 0 Å². The molecule has 0 bridgehead atoms. The van der Waals surface area contributed by atoms with Crippen LogP contribution in [-0.2, 0) is 14.3 Å². The Morgan fingerprint density at radius 1 is 1.29 bits per heavy atom. The zero-order chi connectivity index (χ0) is 23.4. The van der Waals surface area contributed by atoms with Gasteiger partial charge in [-0.1, -0.05) is 49.5 Å². The lowest BCUT2D eigenvalue weighted by Crippen LogP contribution is -2.28. The second kappa shape index (κ2) is 14.0. The smallest absolute Gasteiger partial charge is 0.310 e. The number of aliphatic hydroxyl groups excluding tert-OH is 1. The van der Waals surface area contributed by atoms with Gasteiger partial charge < -0.3 is 14.6 Å². The molecule has 1 aliphatic heterocycles. The summed E-state index contributed by atoms with van der Waals surface area (Å²) in [5.74, 6) is 0.715. The summed E-state index contributed by atoms with van der Waals surface area (Å²) in [6, 6.07) is 0. The number of carbonyl (C=O) groups is 1. The van der Waals surface area contributed by atoms with Gasteiger partial charge in [-0.25, -0.2) is 0 Å². The molecule has 3 atom stereocenters. The molecule has 0 aromatic rings. The van der Waals surface area contributed by atoms with Crippen LogP contribution >= 0.6 is 0 Å². The highest BCUT2D eigenvalue weighted by Crippen LogP contribution is 2.24. The zero-order valence-corrected chi connectivity index (χ0v) is 20.2. The molecule has 0 saturated carbocycles. The van der Waals surface area contributed by atoms with Crippen molar-refractivity contribution in [2.24, 2.45) is 5.92 Å². The van der Waals surface area contributed by atoms with Gasteiger partial charge in [-0.15, -0.1) is 0 Å². The molecule has 3 unspecified atom stereocenters. The molecule has 0 amide bonds. The molecule has 0 radical (unpaired) electrons. The van der Waals surface area contributed by atoms with Gasteiger partial charge in [0.2, 0.25) is 0 Å². The minimum atomic E-state index is -0.352. The summed E-state index contributed by atoms with van der Waals surface area (Å²) in [7, 11) is 0. The average Bonchev–Trinajstić information content (AvgIpc) is 2.66. The number of carbonyl (C=O) groups excluding carboxylic acids is 1. The predicted molar refractivity (Wildman–Crippen MR) is 129 cm³/mol. The van der Waals surface area contributed by atoms with Crippen molar-refractivity contribution in [3.05, 3.63) is 59.6 Å². The lowest BCUT2D eigenvalue weighted by molar-refractivity contribution is -0.154. The molecule has 1 N–H and O–H groups in total. The number of hydrogen-bond donors (Lipinski definition) is 1. The number of rotatable bonds is 7. The van der Waals surface area contributed by atoms with E-state index in [0.29, 0.717) is 12.2 Å². The molecule has 0 spiro atoms. The van der Waals surface area contributed by atoms with E-state index in [2.05, 4.69) is 45.2 Å². The highest BCUT2D eigenvalue weighted by Gasteiger charge is 2.24. The largest absolute Gasteiger partial charge is 0.513 e. The Balaban J connectivity index is 2.97. The zero-order valence-electron chi connectivity index (χ0n) is 20.2. The molecule has 0 saturated heterocycles. The topological polar surface area (TPSA) is 55.8 Å². The fraction of sp³-hybridized carbons (Fsp3) is 0.593. The van der Waals surface area contributed by atoms with Crippen molar-refractivity contribution in [2.75, 3.05) is 0 Å². The van der Waals surface area contributed by atoms with Crippen LogP contribution in [0.4, 0.5) is 0 Å². The van der Waals surface area contributed by atoms with Gasteiger partial charge in [0.1, 0.15) is 12.2 Å². The molecular formula is C27H42O4. The van der Waals surface area contributed by atoms with Crippen LogP contribution < -0.4 is 0 Å². The minimum absolute atomic E-state index is 0.143. The summed E-state index contributed by atoms with van der Waals surface area (Å²) in [4.78, 5) is 12.8. The van der Waals surface area contributed by atoms with Gasteiger partial charge in [0.05, 0.1) is 17.9 Å². The van der Waals surface area contributed by atoms with Gasteiger partial charge in [0.15, 0.2) is 0 Å². The summed E-state index contributed by atoms with van der Waals surface area (Å²) in [5.41, 5.74) is 3.49. The van der Waals surface area contributed by atoms with E-state index in [1.807, 2.05) is 13.8 Å². The SMILES string of the molecule is C=C(O)C/C(C)=C/CC(C)C1CCCC/C(C)=C/C/C=C(/C)C(OC(=C)C)CC(=O)O1. The average molecular weight is 431 g/mol. The molecule has 0 aliphatic carbocycles. The number of aliphatic hydroxyl groups is 1. The van der Waals surface area contributed by atoms with Gasteiger partial charge >= 0.3 is 5.97 Å². The normalized spacial score (nSPS) is 26.4. The molecule has 0 aromatic heterocycles. The second-order valence-electron chi connectivity index (χ2n) is 9.03. The van der Waals surface area contributed by atoms with Gasteiger partial charge in [-0.3, -0.25) is 4.79 Å². The van der Waals surface area contributed by atoms with E-state index in [-0.39, 0.29) is 36.3 Å². The van der Waals surface area contributed by atoms with Crippen LogP contribution in [0.25, 0.3) is 0 Å². The van der Waals surface area contributed by atoms with Crippen molar-refractivity contribution < 1.29 is 19.4 Å². The fourth-order valence-corrected chi connectivity index (χ4v) is 3.73. The maximum Gasteiger partial charge on any atom is 0.310 e. The number of allylic oxidation sites excluding steroid dienone is 6. The highest BCUT2D eigenvalue weighted by atomic mass is 16.5. The maximum atomic E-state index is 12.8. The van der Waals surface area contributed by atoms with E-state index in [1.54, 1.807) is 6.92 Å². The Labute approximate surface area is 189 Å². The second-order valence-corrected chi connectivity index (χ2v) is 9.03. The van der Waals surface area contributed by atoms with Gasteiger partial charge in [-0.2, -0.15) is 0 Å². The van der Waals surface area contributed by atoms with E-state index < -0.39 is 0 Å². The first kappa shape index (κ1) is 26.8. The Morgan fingerprint density at radius 3 is 2.65 bits per heavy atom. The summed E-state index contributed by atoms with van der Waals surface area (Å²) >= 11 is 0. The monoisotopic (exact) mass is 430 g/mol. The number of esters is 1. The fourth-order valence-electron chi connectivity index (χ4n) is 3.73. The molecular weight excluding hydrogens is 388 g/mol. The van der Waals surface area contributed by atoms with E-state index in [9.17, 15) is 9.90 Å². The van der Waals surface area contributed by atoms with Crippen LogP contribution in [0.2, 0.25) is 0 Å². The predicted octanol–water partition coefficient (Wildman–Crippen LogP) is 7.50. The van der Waals surface area contributed by atoms with Gasteiger partial charge in [-0.05, 0) is 77.7 Å². The third-order valence-corrected chi connectivity index (χ3v) is 5.66. The summed E-state index contributed by atoms with van der Waals surface area (Å²) in [6.07, 6.45) is 12.3. The lowest BCUT2D eigenvalue weighted by atomic mass is 9.93. The molecule has 4 nitrogen and oxygen atoms in total. The third kappa shape index (κ3) is 11.7. The van der Waals surface area contributed by atoms with Crippen LogP contribution in [-0.4, -0.2) is 23.3 Å².